The number of nitrogen functional groups attached to an aromatic ring is 1. The molecule has 4 N–H and O–H groups in total. The van der Waals surface area contributed by atoms with Gasteiger partial charge in [0.25, 0.3) is 5.91 Å². The van der Waals surface area contributed by atoms with Crippen molar-refractivity contribution in [3.63, 3.8) is 0 Å². The first kappa shape index (κ1) is 14.7. The third-order valence-electron chi connectivity index (χ3n) is 4.14. The SMILES string of the molecule is CCC1CCC(CNC(=O)c2ccc(NN)nn2)CC1. The maximum Gasteiger partial charge on any atom is 0.271 e. The Morgan fingerprint density at radius 2 is 1.95 bits per heavy atom. The van der Waals surface area contributed by atoms with E-state index >= 15 is 0 Å². The minimum atomic E-state index is -0.168. The Morgan fingerprint density at radius 3 is 2.50 bits per heavy atom. The number of hydrogen-bond acceptors (Lipinski definition) is 5. The van der Waals surface area contributed by atoms with Crippen molar-refractivity contribution in [2.45, 2.75) is 39.0 Å². The molecule has 110 valence electrons. The number of aromatic nitrogens is 2. The number of hydrazine groups is 1. The predicted octanol–water partition coefficient (Wildman–Crippen LogP) is 1.71. The van der Waals surface area contributed by atoms with Gasteiger partial charge in [0.1, 0.15) is 0 Å². The highest BCUT2D eigenvalue weighted by Gasteiger charge is 2.20. The lowest BCUT2D eigenvalue weighted by atomic mass is 9.81. The molecule has 2 rings (SSSR count). The van der Waals surface area contributed by atoms with Crippen molar-refractivity contribution in [2.24, 2.45) is 17.7 Å². The van der Waals surface area contributed by atoms with Gasteiger partial charge in [-0.2, -0.15) is 0 Å². The molecular formula is C14H23N5O. The van der Waals surface area contributed by atoms with Gasteiger partial charge in [-0.1, -0.05) is 26.2 Å². The van der Waals surface area contributed by atoms with E-state index in [2.05, 4.69) is 27.9 Å². The van der Waals surface area contributed by atoms with Crippen molar-refractivity contribution in [2.75, 3.05) is 12.0 Å². The second-order valence-electron chi connectivity index (χ2n) is 5.45. The number of anilines is 1. The quantitative estimate of drug-likeness (QED) is 0.563. The minimum Gasteiger partial charge on any atom is -0.350 e. The monoisotopic (exact) mass is 277 g/mol. The van der Waals surface area contributed by atoms with Crippen LogP contribution in [0, 0.1) is 11.8 Å². The molecule has 0 atom stereocenters. The summed E-state index contributed by atoms with van der Waals surface area (Å²) in [6.07, 6.45) is 6.26. The van der Waals surface area contributed by atoms with E-state index in [-0.39, 0.29) is 5.91 Å². The van der Waals surface area contributed by atoms with E-state index in [4.69, 9.17) is 5.84 Å². The highest BCUT2D eigenvalue weighted by atomic mass is 16.1. The zero-order chi connectivity index (χ0) is 14.4. The van der Waals surface area contributed by atoms with Gasteiger partial charge in [0.15, 0.2) is 11.5 Å². The number of carbonyl (C=O) groups is 1. The molecule has 1 fully saturated rings. The molecule has 1 aliphatic carbocycles. The summed E-state index contributed by atoms with van der Waals surface area (Å²) in [5.41, 5.74) is 2.71. The van der Waals surface area contributed by atoms with E-state index in [0.717, 1.165) is 12.5 Å². The molecule has 1 saturated carbocycles. The van der Waals surface area contributed by atoms with E-state index in [1.54, 1.807) is 12.1 Å². The Labute approximate surface area is 119 Å². The fourth-order valence-electron chi connectivity index (χ4n) is 2.70. The zero-order valence-corrected chi connectivity index (χ0v) is 11.9. The van der Waals surface area contributed by atoms with Crippen molar-refractivity contribution in [3.05, 3.63) is 17.8 Å². The average molecular weight is 277 g/mol. The van der Waals surface area contributed by atoms with Gasteiger partial charge in [-0.15, -0.1) is 10.2 Å². The van der Waals surface area contributed by atoms with E-state index < -0.39 is 0 Å². The van der Waals surface area contributed by atoms with Gasteiger partial charge in [-0.05, 0) is 36.8 Å². The number of nitrogens with two attached hydrogens (primary N) is 1. The number of amides is 1. The summed E-state index contributed by atoms with van der Waals surface area (Å²) >= 11 is 0. The van der Waals surface area contributed by atoms with Crippen LogP contribution in [-0.2, 0) is 0 Å². The molecule has 0 bridgehead atoms. The van der Waals surface area contributed by atoms with Gasteiger partial charge in [-0.25, -0.2) is 5.84 Å². The van der Waals surface area contributed by atoms with Crippen LogP contribution in [0.5, 0.6) is 0 Å². The lowest BCUT2D eigenvalue weighted by Crippen LogP contribution is -2.32. The van der Waals surface area contributed by atoms with Gasteiger partial charge in [-0.3, -0.25) is 4.79 Å². The largest absolute Gasteiger partial charge is 0.350 e. The van der Waals surface area contributed by atoms with Crippen molar-refractivity contribution < 1.29 is 4.79 Å². The second-order valence-corrected chi connectivity index (χ2v) is 5.45. The smallest absolute Gasteiger partial charge is 0.271 e. The first-order valence-corrected chi connectivity index (χ1v) is 7.31. The van der Waals surface area contributed by atoms with Gasteiger partial charge < -0.3 is 10.7 Å². The maximum atomic E-state index is 11.9. The molecule has 20 heavy (non-hydrogen) atoms. The summed E-state index contributed by atoms with van der Waals surface area (Å²) in [6.45, 7) is 2.99. The summed E-state index contributed by atoms with van der Waals surface area (Å²) in [6, 6.07) is 3.25. The van der Waals surface area contributed by atoms with E-state index in [9.17, 15) is 4.79 Å². The summed E-state index contributed by atoms with van der Waals surface area (Å²) in [5, 5.41) is 10.6. The summed E-state index contributed by atoms with van der Waals surface area (Å²) < 4.78 is 0. The Balaban J connectivity index is 1.77. The summed E-state index contributed by atoms with van der Waals surface area (Å²) in [5.74, 6) is 6.95. The molecule has 0 aromatic carbocycles. The summed E-state index contributed by atoms with van der Waals surface area (Å²) in [4.78, 5) is 11.9. The topological polar surface area (TPSA) is 92.9 Å². The molecule has 1 heterocycles. The Bertz CT molecular complexity index is 426. The third kappa shape index (κ3) is 3.90. The van der Waals surface area contributed by atoms with Crippen molar-refractivity contribution >= 4 is 11.7 Å². The fourth-order valence-corrected chi connectivity index (χ4v) is 2.70. The highest BCUT2D eigenvalue weighted by molar-refractivity contribution is 5.92. The van der Waals surface area contributed by atoms with Crippen LogP contribution in [-0.4, -0.2) is 22.6 Å². The van der Waals surface area contributed by atoms with Crippen LogP contribution < -0.4 is 16.6 Å². The van der Waals surface area contributed by atoms with Crippen molar-refractivity contribution in [1.29, 1.82) is 0 Å². The lowest BCUT2D eigenvalue weighted by Gasteiger charge is -2.27. The molecular weight excluding hydrogens is 254 g/mol. The van der Waals surface area contributed by atoms with E-state index in [1.807, 2.05) is 0 Å². The van der Waals surface area contributed by atoms with Crippen LogP contribution in [0.3, 0.4) is 0 Å². The molecule has 0 radical (unpaired) electrons. The second kappa shape index (κ2) is 7.19. The van der Waals surface area contributed by atoms with Gasteiger partial charge >= 0.3 is 0 Å². The molecule has 0 spiro atoms. The summed E-state index contributed by atoms with van der Waals surface area (Å²) in [7, 11) is 0. The first-order chi connectivity index (χ1) is 9.72. The molecule has 1 aromatic heterocycles. The number of nitrogens with one attached hydrogen (secondary N) is 2. The van der Waals surface area contributed by atoms with Crippen LogP contribution in [0.4, 0.5) is 5.82 Å². The molecule has 0 saturated heterocycles. The number of nitrogens with zero attached hydrogens (tertiary/aromatic N) is 2. The molecule has 1 aliphatic rings. The van der Waals surface area contributed by atoms with Crippen LogP contribution in [0.1, 0.15) is 49.5 Å². The zero-order valence-electron chi connectivity index (χ0n) is 11.9. The standard InChI is InChI=1S/C14H23N5O/c1-2-10-3-5-11(6-4-10)9-16-14(20)12-7-8-13(17-15)19-18-12/h7-8,10-11H,2-6,9,15H2,1H3,(H,16,20)(H,17,19). The Morgan fingerprint density at radius 1 is 1.25 bits per heavy atom. The number of carbonyl (C=O) groups excluding carboxylic acids is 1. The Hall–Kier alpha value is -1.69. The predicted molar refractivity (Wildman–Crippen MR) is 77.9 cm³/mol. The Kier molecular flexibility index (Phi) is 5.29. The van der Waals surface area contributed by atoms with E-state index in [0.29, 0.717) is 17.4 Å². The first-order valence-electron chi connectivity index (χ1n) is 7.31. The number of hydrogen-bond donors (Lipinski definition) is 3. The molecule has 1 amide bonds. The van der Waals surface area contributed by atoms with Gasteiger partial charge in [0, 0.05) is 6.54 Å². The fraction of sp³-hybridized carbons (Fsp3) is 0.643. The number of rotatable bonds is 5. The molecule has 6 heteroatoms. The van der Waals surface area contributed by atoms with E-state index in [1.165, 1.54) is 32.1 Å². The van der Waals surface area contributed by atoms with Gasteiger partial charge in [0.05, 0.1) is 0 Å². The highest BCUT2D eigenvalue weighted by Crippen LogP contribution is 2.30. The van der Waals surface area contributed by atoms with Crippen molar-refractivity contribution in [3.8, 4) is 0 Å². The third-order valence-corrected chi connectivity index (χ3v) is 4.14. The van der Waals surface area contributed by atoms with Crippen LogP contribution in [0.15, 0.2) is 12.1 Å². The molecule has 0 aliphatic heterocycles. The maximum absolute atomic E-state index is 11.9. The normalized spacial score (nSPS) is 22.3. The van der Waals surface area contributed by atoms with Gasteiger partial charge in [0.2, 0.25) is 0 Å². The average Bonchev–Trinajstić information content (AvgIpc) is 2.53. The van der Waals surface area contributed by atoms with Crippen molar-refractivity contribution in [1.82, 2.24) is 15.5 Å². The molecule has 0 unspecified atom stereocenters. The van der Waals surface area contributed by atoms with Crippen LogP contribution in [0.25, 0.3) is 0 Å². The minimum absolute atomic E-state index is 0.168. The molecule has 1 aromatic rings. The molecule has 6 nitrogen and oxygen atoms in total. The lowest BCUT2D eigenvalue weighted by molar-refractivity contribution is 0.0935. The van der Waals surface area contributed by atoms with Crippen LogP contribution >= 0.6 is 0 Å². The van der Waals surface area contributed by atoms with Crippen LogP contribution in [0.2, 0.25) is 0 Å².